The second-order valence-electron chi connectivity index (χ2n) is 4.35. The predicted octanol–water partition coefficient (Wildman–Crippen LogP) is 4.82. The van der Waals surface area contributed by atoms with Gasteiger partial charge in [0, 0.05) is 5.02 Å². The molecule has 0 bridgehead atoms. The van der Waals surface area contributed by atoms with Crippen LogP contribution in [0.15, 0.2) is 42.5 Å². The van der Waals surface area contributed by atoms with Gasteiger partial charge in [-0.05, 0) is 42.3 Å². The number of alkyl halides is 1. The monoisotopic (exact) mass is 304 g/mol. The van der Waals surface area contributed by atoms with Crippen molar-refractivity contribution < 1.29 is 4.74 Å². The van der Waals surface area contributed by atoms with Gasteiger partial charge in [0.25, 0.3) is 0 Å². The molecule has 0 radical (unpaired) electrons. The zero-order chi connectivity index (χ0) is 14.4. The molecule has 0 saturated carbocycles. The minimum absolute atomic E-state index is 0.310. The highest BCUT2D eigenvalue weighted by atomic mass is 35.5. The van der Waals surface area contributed by atoms with E-state index in [9.17, 15) is 0 Å². The molecule has 0 atom stereocenters. The van der Waals surface area contributed by atoms with Gasteiger partial charge in [-0.2, -0.15) is 0 Å². The molecule has 0 spiro atoms. The third kappa shape index (κ3) is 4.20. The molecule has 0 saturated heterocycles. The van der Waals surface area contributed by atoms with E-state index in [-0.39, 0.29) is 0 Å². The quantitative estimate of drug-likeness (QED) is 0.583. The van der Waals surface area contributed by atoms with E-state index in [1.54, 1.807) is 0 Å². The second kappa shape index (κ2) is 7.24. The molecule has 0 aliphatic heterocycles. The van der Waals surface area contributed by atoms with E-state index < -0.39 is 0 Å². The summed E-state index contributed by atoms with van der Waals surface area (Å²) in [5.74, 6) is 6.95. The average Bonchev–Trinajstić information content (AvgIpc) is 2.46. The maximum absolute atomic E-state index is 5.86. The summed E-state index contributed by atoms with van der Waals surface area (Å²) in [4.78, 5) is 0. The molecular weight excluding hydrogens is 291 g/mol. The molecule has 0 fully saturated rings. The van der Waals surface area contributed by atoms with Gasteiger partial charge in [0.1, 0.15) is 12.4 Å². The first-order valence-electron chi connectivity index (χ1n) is 6.22. The van der Waals surface area contributed by atoms with E-state index in [1.165, 1.54) is 0 Å². The van der Waals surface area contributed by atoms with Gasteiger partial charge < -0.3 is 4.74 Å². The number of aryl methyl sites for hydroxylation is 1. The third-order valence-corrected chi connectivity index (χ3v) is 3.12. The Morgan fingerprint density at radius 1 is 1.10 bits per heavy atom. The highest BCUT2D eigenvalue weighted by Crippen LogP contribution is 2.21. The molecule has 0 N–H and O–H groups in total. The fourth-order valence-corrected chi connectivity index (χ4v) is 1.93. The van der Waals surface area contributed by atoms with Crippen molar-refractivity contribution in [1.82, 2.24) is 0 Å². The van der Waals surface area contributed by atoms with Gasteiger partial charge in [0.2, 0.25) is 0 Å². The standard InChI is InChI=1S/C17H14Cl2O/c1-13-4-9-17(15(11-13)3-2-10-18)20-12-14-5-7-16(19)8-6-14/h4-9,11H,10,12H2,1H3. The molecule has 2 aromatic carbocycles. The van der Waals surface area contributed by atoms with Crippen LogP contribution >= 0.6 is 23.2 Å². The lowest BCUT2D eigenvalue weighted by Crippen LogP contribution is -1.97. The first-order valence-corrected chi connectivity index (χ1v) is 7.13. The molecule has 3 heteroatoms. The van der Waals surface area contributed by atoms with Crippen LogP contribution in [0.3, 0.4) is 0 Å². The van der Waals surface area contributed by atoms with Crippen molar-refractivity contribution in [2.45, 2.75) is 13.5 Å². The summed E-state index contributed by atoms with van der Waals surface area (Å²) in [7, 11) is 0. The highest BCUT2D eigenvalue weighted by Gasteiger charge is 2.02. The molecule has 2 rings (SSSR count). The number of hydrogen-bond donors (Lipinski definition) is 0. The molecule has 1 nitrogen and oxygen atoms in total. The first kappa shape index (κ1) is 14.8. The minimum Gasteiger partial charge on any atom is -0.488 e. The molecule has 0 aromatic heterocycles. The van der Waals surface area contributed by atoms with Crippen LogP contribution in [0, 0.1) is 18.8 Å². The molecule has 0 aliphatic rings. The molecule has 0 heterocycles. The minimum atomic E-state index is 0.310. The topological polar surface area (TPSA) is 9.23 Å². The molecule has 0 amide bonds. The summed E-state index contributed by atoms with van der Waals surface area (Å²) in [6.07, 6.45) is 0. The van der Waals surface area contributed by atoms with Crippen LogP contribution in [-0.2, 0) is 6.61 Å². The van der Waals surface area contributed by atoms with Crippen molar-refractivity contribution in [2.75, 3.05) is 5.88 Å². The van der Waals surface area contributed by atoms with Crippen LogP contribution in [0.2, 0.25) is 5.02 Å². The van der Waals surface area contributed by atoms with Gasteiger partial charge in [-0.1, -0.05) is 41.6 Å². The largest absolute Gasteiger partial charge is 0.488 e. The van der Waals surface area contributed by atoms with E-state index in [1.807, 2.05) is 49.4 Å². The number of halogens is 2. The Morgan fingerprint density at radius 2 is 1.85 bits per heavy atom. The Balaban J connectivity index is 2.14. The van der Waals surface area contributed by atoms with Crippen LogP contribution in [0.5, 0.6) is 5.75 Å². The molecule has 20 heavy (non-hydrogen) atoms. The summed E-state index contributed by atoms with van der Waals surface area (Å²) in [5, 5.41) is 0.720. The van der Waals surface area contributed by atoms with E-state index in [0.29, 0.717) is 12.5 Å². The van der Waals surface area contributed by atoms with Crippen LogP contribution < -0.4 is 4.74 Å². The van der Waals surface area contributed by atoms with Crippen LogP contribution in [0.25, 0.3) is 0 Å². The number of rotatable bonds is 3. The first-order chi connectivity index (χ1) is 9.69. The van der Waals surface area contributed by atoms with Gasteiger partial charge >= 0.3 is 0 Å². The zero-order valence-corrected chi connectivity index (χ0v) is 12.6. The Labute approximate surface area is 129 Å². The van der Waals surface area contributed by atoms with E-state index >= 15 is 0 Å². The van der Waals surface area contributed by atoms with Crippen molar-refractivity contribution in [1.29, 1.82) is 0 Å². The summed E-state index contributed by atoms with van der Waals surface area (Å²) in [6.45, 7) is 2.50. The second-order valence-corrected chi connectivity index (χ2v) is 5.05. The Bertz CT molecular complexity index is 636. The predicted molar refractivity (Wildman–Crippen MR) is 84.6 cm³/mol. The molecule has 2 aromatic rings. The zero-order valence-electron chi connectivity index (χ0n) is 11.1. The maximum Gasteiger partial charge on any atom is 0.135 e. The maximum atomic E-state index is 5.86. The van der Waals surface area contributed by atoms with Gasteiger partial charge in [0.05, 0.1) is 11.4 Å². The molecule has 102 valence electrons. The molecular formula is C17H14Cl2O. The van der Waals surface area contributed by atoms with Crippen molar-refractivity contribution in [2.24, 2.45) is 0 Å². The van der Waals surface area contributed by atoms with Crippen molar-refractivity contribution in [3.05, 3.63) is 64.2 Å². The van der Waals surface area contributed by atoms with Gasteiger partial charge in [-0.15, -0.1) is 11.6 Å². The van der Waals surface area contributed by atoms with Crippen molar-refractivity contribution in [3.8, 4) is 17.6 Å². The summed E-state index contributed by atoms with van der Waals surface area (Å²) in [5.41, 5.74) is 3.06. The molecule has 0 unspecified atom stereocenters. The Hall–Kier alpha value is -1.62. The number of ether oxygens (including phenoxy) is 1. The van der Waals surface area contributed by atoms with Gasteiger partial charge in [-0.25, -0.2) is 0 Å². The lowest BCUT2D eigenvalue weighted by molar-refractivity contribution is 0.305. The SMILES string of the molecule is Cc1ccc(OCc2ccc(Cl)cc2)c(C#CCCl)c1. The van der Waals surface area contributed by atoms with E-state index in [2.05, 4.69) is 11.8 Å². The average molecular weight is 305 g/mol. The van der Waals surface area contributed by atoms with Gasteiger partial charge in [-0.3, -0.25) is 0 Å². The van der Waals surface area contributed by atoms with E-state index in [0.717, 1.165) is 27.5 Å². The van der Waals surface area contributed by atoms with Crippen LogP contribution in [0.4, 0.5) is 0 Å². The van der Waals surface area contributed by atoms with Crippen LogP contribution in [-0.4, -0.2) is 5.88 Å². The summed E-state index contributed by atoms with van der Waals surface area (Å²) >= 11 is 11.5. The Kier molecular flexibility index (Phi) is 5.35. The fraction of sp³-hybridized carbons (Fsp3) is 0.176. The van der Waals surface area contributed by atoms with Gasteiger partial charge in [0.15, 0.2) is 0 Å². The highest BCUT2D eigenvalue weighted by molar-refractivity contribution is 6.30. The third-order valence-electron chi connectivity index (χ3n) is 2.73. The summed E-state index contributed by atoms with van der Waals surface area (Å²) in [6, 6.07) is 13.5. The molecule has 0 aliphatic carbocycles. The summed E-state index contributed by atoms with van der Waals surface area (Å²) < 4.78 is 5.83. The van der Waals surface area contributed by atoms with Crippen LogP contribution in [0.1, 0.15) is 16.7 Å². The van der Waals surface area contributed by atoms with Crippen molar-refractivity contribution >= 4 is 23.2 Å². The lowest BCUT2D eigenvalue weighted by Gasteiger charge is -2.09. The number of hydrogen-bond acceptors (Lipinski definition) is 1. The normalized spacial score (nSPS) is 9.75. The Morgan fingerprint density at radius 3 is 2.55 bits per heavy atom. The lowest BCUT2D eigenvalue weighted by atomic mass is 10.1. The number of benzene rings is 2. The fourth-order valence-electron chi connectivity index (χ4n) is 1.74. The van der Waals surface area contributed by atoms with Crippen molar-refractivity contribution in [3.63, 3.8) is 0 Å². The van der Waals surface area contributed by atoms with E-state index in [4.69, 9.17) is 27.9 Å². The smallest absolute Gasteiger partial charge is 0.135 e.